The van der Waals surface area contributed by atoms with Gasteiger partial charge in [0.05, 0.1) is 6.10 Å². The number of rotatable bonds is 5. The lowest BCUT2D eigenvalue weighted by Gasteiger charge is -2.18. The summed E-state index contributed by atoms with van der Waals surface area (Å²) in [4.78, 5) is 25.6. The molecule has 1 fully saturated rings. The fourth-order valence-corrected chi connectivity index (χ4v) is 3.15. The molecular weight excluding hydrogens is 254 g/mol. The normalized spacial score (nSPS) is 27.4. The summed E-state index contributed by atoms with van der Waals surface area (Å²) in [5.74, 6) is -0.0143. The number of imide groups is 1. The Morgan fingerprint density at radius 2 is 2.05 bits per heavy atom. The number of amides is 2. The third-order valence-electron chi connectivity index (χ3n) is 4.35. The summed E-state index contributed by atoms with van der Waals surface area (Å²) in [6.07, 6.45) is 7.98. The Labute approximate surface area is 120 Å². The van der Waals surface area contributed by atoms with E-state index in [1.807, 2.05) is 6.92 Å². The van der Waals surface area contributed by atoms with Crippen molar-refractivity contribution in [3.63, 3.8) is 0 Å². The largest absolute Gasteiger partial charge is 0.393 e. The molecule has 0 aromatic rings. The van der Waals surface area contributed by atoms with Crippen LogP contribution < -0.4 is 0 Å². The number of allylic oxidation sites excluding steroid dienone is 1. The molecule has 1 heterocycles. The highest BCUT2D eigenvalue weighted by Gasteiger charge is 2.34. The monoisotopic (exact) mass is 277 g/mol. The lowest BCUT2D eigenvalue weighted by molar-refractivity contribution is -0.137. The maximum Gasteiger partial charge on any atom is 0.261 e. The van der Waals surface area contributed by atoms with Crippen LogP contribution in [0, 0.1) is 5.92 Å². The summed E-state index contributed by atoms with van der Waals surface area (Å²) in [7, 11) is 0. The first-order chi connectivity index (χ1) is 9.56. The van der Waals surface area contributed by atoms with Gasteiger partial charge in [0.15, 0.2) is 0 Å². The van der Waals surface area contributed by atoms with Crippen LogP contribution in [0.15, 0.2) is 23.3 Å². The smallest absolute Gasteiger partial charge is 0.261 e. The van der Waals surface area contributed by atoms with E-state index in [0.29, 0.717) is 23.6 Å². The van der Waals surface area contributed by atoms with Crippen molar-refractivity contribution in [2.45, 2.75) is 52.1 Å². The summed E-state index contributed by atoms with van der Waals surface area (Å²) in [6, 6.07) is 0. The fourth-order valence-electron chi connectivity index (χ4n) is 3.15. The molecule has 2 unspecified atom stereocenters. The Morgan fingerprint density at radius 3 is 2.65 bits per heavy atom. The van der Waals surface area contributed by atoms with Crippen molar-refractivity contribution >= 4 is 11.8 Å². The average Bonchev–Trinajstić information content (AvgIpc) is 2.91. The first-order valence-electron chi connectivity index (χ1n) is 7.44. The van der Waals surface area contributed by atoms with Crippen LogP contribution in [0.1, 0.15) is 46.0 Å². The molecule has 2 aliphatic rings. The third-order valence-corrected chi connectivity index (χ3v) is 4.35. The van der Waals surface area contributed by atoms with Crippen LogP contribution in [-0.2, 0) is 9.59 Å². The van der Waals surface area contributed by atoms with Crippen molar-refractivity contribution in [2.75, 3.05) is 6.54 Å². The minimum Gasteiger partial charge on any atom is -0.393 e. The molecule has 2 rings (SSSR count). The lowest BCUT2D eigenvalue weighted by atomic mass is 9.99. The number of carbonyl (C=O) groups is 2. The minimum atomic E-state index is -0.196. The van der Waals surface area contributed by atoms with Crippen molar-refractivity contribution in [2.24, 2.45) is 5.92 Å². The second-order valence-corrected chi connectivity index (χ2v) is 5.70. The van der Waals surface area contributed by atoms with E-state index in [4.69, 9.17) is 0 Å². The molecule has 1 saturated carbocycles. The van der Waals surface area contributed by atoms with Gasteiger partial charge in [-0.15, -0.1) is 0 Å². The number of hydrogen-bond acceptors (Lipinski definition) is 3. The van der Waals surface area contributed by atoms with Crippen molar-refractivity contribution < 1.29 is 14.7 Å². The van der Waals surface area contributed by atoms with E-state index in [0.717, 1.165) is 32.1 Å². The van der Waals surface area contributed by atoms with Crippen LogP contribution in [-0.4, -0.2) is 34.5 Å². The van der Waals surface area contributed by atoms with E-state index in [-0.39, 0.29) is 17.9 Å². The van der Waals surface area contributed by atoms with E-state index in [1.54, 1.807) is 19.1 Å². The van der Waals surface area contributed by atoms with E-state index in [1.165, 1.54) is 4.90 Å². The summed E-state index contributed by atoms with van der Waals surface area (Å²) in [5, 5.41) is 9.77. The van der Waals surface area contributed by atoms with Crippen molar-refractivity contribution in [3.8, 4) is 0 Å². The second kappa shape index (κ2) is 6.35. The Morgan fingerprint density at radius 1 is 1.30 bits per heavy atom. The van der Waals surface area contributed by atoms with Gasteiger partial charge in [-0.25, -0.2) is 0 Å². The summed E-state index contributed by atoms with van der Waals surface area (Å²) in [5.41, 5.74) is 1.05. The van der Waals surface area contributed by atoms with Gasteiger partial charge in [-0.3, -0.25) is 14.5 Å². The van der Waals surface area contributed by atoms with Crippen molar-refractivity contribution in [1.82, 2.24) is 4.90 Å². The summed E-state index contributed by atoms with van der Waals surface area (Å²) >= 11 is 0. The number of aliphatic hydroxyl groups excluding tert-OH is 1. The van der Waals surface area contributed by atoms with Gasteiger partial charge >= 0.3 is 0 Å². The molecule has 1 N–H and O–H groups in total. The quantitative estimate of drug-likeness (QED) is 0.784. The van der Waals surface area contributed by atoms with Gasteiger partial charge in [0.1, 0.15) is 0 Å². The molecule has 20 heavy (non-hydrogen) atoms. The lowest BCUT2D eigenvalue weighted by Crippen LogP contribution is -2.33. The maximum absolute atomic E-state index is 12.2. The maximum atomic E-state index is 12.2. The van der Waals surface area contributed by atoms with Crippen molar-refractivity contribution in [1.29, 1.82) is 0 Å². The Hall–Kier alpha value is -1.42. The van der Waals surface area contributed by atoms with Gasteiger partial charge in [-0.2, -0.15) is 0 Å². The SMILES string of the molecule is CC=CC1=C(C)C(=O)N(CCCC2CCCC2O)C1=O. The second-order valence-electron chi connectivity index (χ2n) is 5.70. The van der Waals surface area contributed by atoms with Crippen LogP contribution in [0.3, 0.4) is 0 Å². The number of hydrogen-bond donors (Lipinski definition) is 1. The van der Waals surface area contributed by atoms with Gasteiger partial charge in [-0.05, 0) is 45.4 Å². The van der Waals surface area contributed by atoms with Gasteiger partial charge in [-0.1, -0.05) is 18.6 Å². The molecule has 1 aliphatic carbocycles. The number of aliphatic hydroxyl groups is 1. The Balaban J connectivity index is 1.88. The summed E-state index contributed by atoms with van der Waals surface area (Å²) < 4.78 is 0. The fraction of sp³-hybridized carbons (Fsp3) is 0.625. The zero-order valence-corrected chi connectivity index (χ0v) is 12.3. The molecule has 1 aliphatic heterocycles. The van der Waals surface area contributed by atoms with Crippen molar-refractivity contribution in [3.05, 3.63) is 23.3 Å². The predicted octanol–water partition coefficient (Wildman–Crippen LogP) is 2.19. The molecule has 110 valence electrons. The highest BCUT2D eigenvalue weighted by molar-refractivity contribution is 6.20. The van der Waals surface area contributed by atoms with Crippen LogP contribution >= 0.6 is 0 Å². The number of nitrogens with zero attached hydrogens (tertiary/aromatic N) is 1. The van der Waals surface area contributed by atoms with E-state index < -0.39 is 0 Å². The average molecular weight is 277 g/mol. The molecule has 2 atom stereocenters. The zero-order chi connectivity index (χ0) is 14.7. The predicted molar refractivity (Wildman–Crippen MR) is 76.8 cm³/mol. The van der Waals surface area contributed by atoms with Crippen LogP contribution in [0.2, 0.25) is 0 Å². The van der Waals surface area contributed by atoms with Gasteiger partial charge in [0.25, 0.3) is 11.8 Å². The molecule has 0 aromatic heterocycles. The molecule has 0 aromatic carbocycles. The van der Waals surface area contributed by atoms with Gasteiger partial charge in [0.2, 0.25) is 0 Å². The first-order valence-corrected chi connectivity index (χ1v) is 7.44. The molecule has 4 heteroatoms. The number of carbonyl (C=O) groups excluding carboxylic acids is 2. The zero-order valence-electron chi connectivity index (χ0n) is 12.3. The van der Waals surface area contributed by atoms with Crippen LogP contribution in [0.5, 0.6) is 0 Å². The molecular formula is C16H23NO3. The minimum absolute atomic E-state index is 0.171. The van der Waals surface area contributed by atoms with Gasteiger partial charge < -0.3 is 5.11 Å². The highest BCUT2D eigenvalue weighted by Crippen LogP contribution is 2.30. The standard InChI is InChI=1S/C16H23NO3/c1-3-6-13-11(2)15(19)17(16(13)20)10-5-8-12-7-4-9-14(12)18/h3,6,12,14,18H,4-5,7-10H2,1-2H3. The van der Waals surface area contributed by atoms with Crippen LogP contribution in [0.25, 0.3) is 0 Å². The topological polar surface area (TPSA) is 57.6 Å². The van der Waals surface area contributed by atoms with E-state index in [9.17, 15) is 14.7 Å². The first kappa shape index (κ1) is 15.0. The molecule has 0 saturated heterocycles. The van der Waals surface area contributed by atoms with E-state index in [2.05, 4.69) is 0 Å². The van der Waals surface area contributed by atoms with Gasteiger partial charge in [0, 0.05) is 17.7 Å². The molecule has 0 radical (unpaired) electrons. The highest BCUT2D eigenvalue weighted by atomic mass is 16.3. The van der Waals surface area contributed by atoms with E-state index >= 15 is 0 Å². The molecule has 0 spiro atoms. The molecule has 2 amide bonds. The molecule has 4 nitrogen and oxygen atoms in total. The third kappa shape index (κ3) is 2.85. The Kier molecular flexibility index (Phi) is 4.76. The molecule has 0 bridgehead atoms. The Bertz CT molecular complexity index is 464. The van der Waals surface area contributed by atoms with Crippen LogP contribution in [0.4, 0.5) is 0 Å². The summed E-state index contributed by atoms with van der Waals surface area (Å²) in [6.45, 7) is 4.00.